The minimum atomic E-state index is -5.08. The average Bonchev–Trinajstić information content (AvgIpc) is 3.15. The third kappa shape index (κ3) is 8.76. The van der Waals surface area contributed by atoms with Crippen LogP contribution in [-0.4, -0.2) is 80.7 Å². The van der Waals surface area contributed by atoms with Crippen LogP contribution >= 0.6 is 0 Å². The highest BCUT2D eigenvalue weighted by atomic mass is 19.4. The minimum absolute atomic E-state index is 0.0780. The maximum absolute atomic E-state index is 12.0. The van der Waals surface area contributed by atoms with Crippen LogP contribution in [0.1, 0.15) is 18.4 Å². The summed E-state index contributed by atoms with van der Waals surface area (Å²) in [5.41, 5.74) is 1.40. The summed E-state index contributed by atoms with van der Waals surface area (Å²) < 4.78 is 42.7. The average molecular weight is 460 g/mol. The van der Waals surface area contributed by atoms with Gasteiger partial charge in [-0.2, -0.15) is 13.2 Å². The van der Waals surface area contributed by atoms with Crippen LogP contribution in [-0.2, 0) is 25.5 Å². The van der Waals surface area contributed by atoms with E-state index in [0.717, 1.165) is 39.1 Å². The fourth-order valence-corrected chi connectivity index (χ4v) is 4.05. The molecule has 2 aliphatic heterocycles. The number of halogens is 3. The molecule has 0 spiro atoms. The fraction of sp³-hybridized carbons (Fsp3) is 0.636. The molecule has 0 aromatic heterocycles. The third-order valence-corrected chi connectivity index (χ3v) is 5.70. The number of nitrogens with zero attached hydrogens (tertiary/aromatic N) is 1. The number of aliphatic carboxylic acids is 1. The van der Waals surface area contributed by atoms with Gasteiger partial charge in [0.15, 0.2) is 0 Å². The number of ether oxygens (including phenoxy) is 2. The number of benzene rings is 1. The van der Waals surface area contributed by atoms with Crippen molar-refractivity contribution in [2.24, 2.45) is 11.8 Å². The van der Waals surface area contributed by atoms with Crippen LogP contribution in [0.3, 0.4) is 0 Å². The Kier molecular flexibility index (Phi) is 10.4. The van der Waals surface area contributed by atoms with Crippen molar-refractivity contribution in [3.8, 4) is 0 Å². The number of hydrogen-bond acceptors (Lipinski definition) is 5. The second kappa shape index (κ2) is 12.8. The third-order valence-electron chi connectivity index (χ3n) is 5.70. The van der Waals surface area contributed by atoms with Crippen molar-refractivity contribution in [1.29, 1.82) is 0 Å². The topological polar surface area (TPSA) is 88.1 Å². The van der Waals surface area contributed by atoms with Gasteiger partial charge in [0.1, 0.15) is 0 Å². The number of nitrogens with one attached hydrogen (secondary N) is 1. The zero-order valence-electron chi connectivity index (χ0n) is 18.1. The van der Waals surface area contributed by atoms with Crippen molar-refractivity contribution in [2.45, 2.75) is 31.5 Å². The largest absolute Gasteiger partial charge is 0.490 e. The lowest BCUT2D eigenvalue weighted by Gasteiger charge is -2.35. The summed E-state index contributed by atoms with van der Waals surface area (Å²) in [6, 6.07) is 10.7. The normalized spacial score (nSPS) is 23.1. The molecule has 32 heavy (non-hydrogen) atoms. The summed E-state index contributed by atoms with van der Waals surface area (Å²) in [7, 11) is 1.64. The molecule has 3 rings (SSSR count). The van der Waals surface area contributed by atoms with E-state index in [4.69, 9.17) is 19.4 Å². The van der Waals surface area contributed by atoms with Gasteiger partial charge in [-0.15, -0.1) is 0 Å². The van der Waals surface area contributed by atoms with Gasteiger partial charge >= 0.3 is 12.1 Å². The van der Waals surface area contributed by atoms with Crippen molar-refractivity contribution in [2.75, 3.05) is 46.5 Å². The van der Waals surface area contributed by atoms with Crippen molar-refractivity contribution in [3.63, 3.8) is 0 Å². The van der Waals surface area contributed by atoms with Crippen LogP contribution in [0.25, 0.3) is 0 Å². The first kappa shape index (κ1) is 26.1. The van der Waals surface area contributed by atoms with E-state index >= 15 is 0 Å². The van der Waals surface area contributed by atoms with Crippen LogP contribution in [0.4, 0.5) is 13.2 Å². The number of amides is 1. The van der Waals surface area contributed by atoms with Crippen LogP contribution < -0.4 is 5.32 Å². The molecule has 180 valence electrons. The molecule has 2 N–H and O–H groups in total. The molecule has 2 saturated heterocycles. The molecule has 2 heterocycles. The lowest BCUT2D eigenvalue weighted by molar-refractivity contribution is -0.192. The molecule has 0 unspecified atom stereocenters. The Bertz CT molecular complexity index is 717. The van der Waals surface area contributed by atoms with Gasteiger partial charge in [-0.25, -0.2) is 4.79 Å². The molecule has 2 aliphatic rings. The van der Waals surface area contributed by atoms with E-state index in [0.29, 0.717) is 31.4 Å². The zero-order chi connectivity index (χ0) is 23.6. The van der Waals surface area contributed by atoms with Crippen LogP contribution in [0.2, 0.25) is 0 Å². The van der Waals surface area contributed by atoms with Gasteiger partial charge in [0.05, 0.1) is 25.7 Å². The van der Waals surface area contributed by atoms with E-state index in [9.17, 15) is 18.0 Å². The summed E-state index contributed by atoms with van der Waals surface area (Å²) >= 11 is 0. The van der Waals surface area contributed by atoms with E-state index in [2.05, 4.69) is 40.5 Å². The first-order chi connectivity index (χ1) is 15.2. The van der Waals surface area contributed by atoms with Crippen molar-refractivity contribution in [3.05, 3.63) is 35.9 Å². The predicted octanol–water partition coefficient (Wildman–Crippen LogP) is 2.35. The predicted molar refractivity (Wildman–Crippen MR) is 111 cm³/mol. The zero-order valence-corrected chi connectivity index (χ0v) is 18.1. The van der Waals surface area contributed by atoms with Crippen LogP contribution in [0.5, 0.6) is 0 Å². The van der Waals surface area contributed by atoms with Crippen molar-refractivity contribution in [1.82, 2.24) is 10.2 Å². The van der Waals surface area contributed by atoms with Gasteiger partial charge in [0.2, 0.25) is 5.91 Å². The van der Waals surface area contributed by atoms with Crippen molar-refractivity contribution >= 4 is 11.9 Å². The molecule has 0 aliphatic carbocycles. The summed E-state index contributed by atoms with van der Waals surface area (Å²) in [6.07, 6.45) is -2.28. The summed E-state index contributed by atoms with van der Waals surface area (Å²) in [5.74, 6) is -1.58. The molecule has 1 aromatic rings. The number of piperidine rings is 1. The molecular weight excluding hydrogens is 429 g/mol. The maximum Gasteiger partial charge on any atom is 0.490 e. The molecule has 3 atom stereocenters. The number of carboxylic acids is 1. The van der Waals surface area contributed by atoms with Crippen molar-refractivity contribution < 1.29 is 37.3 Å². The highest BCUT2D eigenvalue weighted by molar-refractivity contribution is 5.76. The number of fused-ring (bicyclic) bond motifs is 1. The second-order valence-electron chi connectivity index (χ2n) is 7.97. The molecule has 0 bridgehead atoms. The van der Waals surface area contributed by atoms with Gasteiger partial charge in [0, 0.05) is 32.7 Å². The summed E-state index contributed by atoms with van der Waals surface area (Å²) in [5, 5.41) is 10.0. The highest BCUT2D eigenvalue weighted by Gasteiger charge is 2.41. The Hall–Kier alpha value is -2.17. The van der Waals surface area contributed by atoms with Gasteiger partial charge in [-0.3, -0.25) is 4.79 Å². The fourth-order valence-electron chi connectivity index (χ4n) is 4.05. The van der Waals surface area contributed by atoms with E-state index in [-0.39, 0.29) is 12.0 Å². The van der Waals surface area contributed by atoms with Crippen LogP contribution in [0, 0.1) is 11.8 Å². The number of likely N-dealkylation sites (tertiary alicyclic amines) is 1. The van der Waals surface area contributed by atoms with Gasteiger partial charge < -0.3 is 24.8 Å². The quantitative estimate of drug-likeness (QED) is 0.579. The Balaban J connectivity index is 0.000000451. The van der Waals surface area contributed by atoms with Gasteiger partial charge in [-0.05, 0) is 30.9 Å². The van der Waals surface area contributed by atoms with E-state index < -0.39 is 12.1 Å². The summed E-state index contributed by atoms with van der Waals surface area (Å²) in [4.78, 5) is 23.5. The number of carbonyl (C=O) groups is 2. The Morgan fingerprint density at radius 3 is 2.59 bits per heavy atom. The van der Waals surface area contributed by atoms with E-state index in [1.165, 1.54) is 5.56 Å². The number of methoxy groups -OCH3 is 1. The molecule has 10 heteroatoms. The number of rotatable bonds is 8. The van der Waals surface area contributed by atoms with E-state index in [1.807, 2.05) is 0 Å². The second-order valence-corrected chi connectivity index (χ2v) is 7.97. The smallest absolute Gasteiger partial charge is 0.475 e. The Morgan fingerprint density at radius 2 is 1.97 bits per heavy atom. The van der Waals surface area contributed by atoms with Gasteiger partial charge in [0.25, 0.3) is 0 Å². The standard InChI is InChI=1S/C20H30N2O3.C2HF3O2/c1-24-12-9-21-20(23)13-19-18-8-11-22(14-17(18)15-25-19)10-7-16-5-3-2-4-6-16;3-2(4,5)1(6)7/h2-6,17-19H,7-15H2,1H3,(H,21,23);(H,6,7)/t17-,18-,19-;/m1./s1. The number of hydrogen-bond donors (Lipinski definition) is 2. The molecule has 0 radical (unpaired) electrons. The molecule has 1 amide bonds. The number of carboxylic acid groups (broad SMARTS) is 1. The summed E-state index contributed by atoms with van der Waals surface area (Å²) in [6.45, 7) is 5.24. The SMILES string of the molecule is COCCNC(=O)C[C@H]1OC[C@H]2CN(CCc3ccccc3)CC[C@H]21.O=C(O)C(F)(F)F. The van der Waals surface area contributed by atoms with Crippen LogP contribution in [0.15, 0.2) is 30.3 Å². The lowest BCUT2D eigenvalue weighted by atomic mass is 9.83. The molecular formula is C22H31F3N2O5. The Morgan fingerprint density at radius 1 is 1.28 bits per heavy atom. The number of carbonyl (C=O) groups excluding carboxylic acids is 1. The first-order valence-electron chi connectivity index (χ1n) is 10.6. The lowest BCUT2D eigenvalue weighted by Crippen LogP contribution is -2.43. The molecule has 2 fully saturated rings. The molecule has 0 saturated carbocycles. The Labute approximate surface area is 185 Å². The minimum Gasteiger partial charge on any atom is -0.475 e. The highest BCUT2D eigenvalue weighted by Crippen LogP contribution is 2.35. The first-order valence-corrected chi connectivity index (χ1v) is 10.6. The van der Waals surface area contributed by atoms with E-state index in [1.54, 1.807) is 7.11 Å². The number of alkyl halides is 3. The molecule has 7 nitrogen and oxygen atoms in total. The molecule has 1 aromatic carbocycles. The maximum atomic E-state index is 12.0. The monoisotopic (exact) mass is 460 g/mol. The van der Waals surface area contributed by atoms with Gasteiger partial charge in [-0.1, -0.05) is 30.3 Å².